The van der Waals surface area contributed by atoms with E-state index < -0.39 is 0 Å². The highest BCUT2D eigenvalue weighted by atomic mass is 16.5. The highest BCUT2D eigenvalue weighted by Gasteiger charge is 2.02. The molecule has 1 heterocycles. The Balaban J connectivity index is 2.52. The molecule has 0 saturated heterocycles. The smallest absolute Gasteiger partial charge is 0.158 e. The van der Waals surface area contributed by atoms with Gasteiger partial charge in [-0.1, -0.05) is 6.92 Å². The molecular formula is C11H21N5O. The lowest BCUT2D eigenvalue weighted by atomic mass is 10.4. The predicted molar refractivity (Wildman–Crippen MR) is 68.8 cm³/mol. The van der Waals surface area contributed by atoms with Gasteiger partial charge in [-0.3, -0.25) is 0 Å². The van der Waals surface area contributed by atoms with Gasteiger partial charge in [0, 0.05) is 26.3 Å². The lowest BCUT2D eigenvalue weighted by molar-refractivity contribution is 0.178. The van der Waals surface area contributed by atoms with Crippen molar-refractivity contribution < 1.29 is 4.74 Å². The Labute approximate surface area is 102 Å². The van der Waals surface area contributed by atoms with Gasteiger partial charge in [-0.05, 0) is 13.6 Å². The van der Waals surface area contributed by atoms with Crippen molar-refractivity contribution in [3.05, 3.63) is 11.9 Å². The van der Waals surface area contributed by atoms with Crippen molar-refractivity contribution in [1.29, 1.82) is 0 Å². The van der Waals surface area contributed by atoms with Crippen LogP contribution in [0.3, 0.4) is 0 Å². The molecule has 0 aromatic carbocycles. The Kier molecular flexibility index (Phi) is 5.65. The Morgan fingerprint density at radius 3 is 2.88 bits per heavy atom. The lowest BCUT2D eigenvalue weighted by Gasteiger charge is -2.14. The minimum Gasteiger partial charge on any atom is -0.384 e. The monoisotopic (exact) mass is 239 g/mol. The zero-order valence-electron chi connectivity index (χ0n) is 10.7. The van der Waals surface area contributed by atoms with E-state index in [-0.39, 0.29) is 0 Å². The molecule has 0 aliphatic heterocycles. The normalized spacial score (nSPS) is 10.8. The van der Waals surface area contributed by atoms with Gasteiger partial charge in [-0.25, -0.2) is 9.97 Å². The number of ether oxygens (including phenoxy) is 1. The topological polar surface area (TPSA) is 76.3 Å². The van der Waals surface area contributed by atoms with Crippen molar-refractivity contribution in [2.75, 3.05) is 44.8 Å². The Hall–Kier alpha value is -1.40. The fourth-order valence-electron chi connectivity index (χ4n) is 1.33. The molecule has 0 fully saturated rings. The number of hydrogen-bond acceptors (Lipinski definition) is 6. The van der Waals surface area contributed by atoms with Crippen LogP contribution >= 0.6 is 0 Å². The molecule has 6 nitrogen and oxygen atoms in total. The molecule has 0 atom stereocenters. The molecule has 6 heteroatoms. The molecule has 0 aliphatic carbocycles. The first-order valence-corrected chi connectivity index (χ1v) is 5.70. The van der Waals surface area contributed by atoms with Gasteiger partial charge < -0.3 is 20.7 Å². The van der Waals surface area contributed by atoms with Crippen LogP contribution in [0.25, 0.3) is 0 Å². The van der Waals surface area contributed by atoms with Gasteiger partial charge in [0.05, 0.1) is 0 Å². The van der Waals surface area contributed by atoms with E-state index in [0.29, 0.717) is 18.2 Å². The largest absolute Gasteiger partial charge is 0.384 e. The SMILES string of the molecule is CCN(C)CCNc1cc(N)nc(COC)n1. The van der Waals surface area contributed by atoms with Crippen LogP contribution in [0.15, 0.2) is 6.07 Å². The molecule has 17 heavy (non-hydrogen) atoms. The van der Waals surface area contributed by atoms with Gasteiger partial charge in [0.1, 0.15) is 18.2 Å². The maximum atomic E-state index is 5.69. The van der Waals surface area contributed by atoms with E-state index in [1.54, 1.807) is 13.2 Å². The number of methoxy groups -OCH3 is 1. The van der Waals surface area contributed by atoms with E-state index in [4.69, 9.17) is 10.5 Å². The number of anilines is 2. The summed E-state index contributed by atoms with van der Waals surface area (Å²) in [4.78, 5) is 10.6. The van der Waals surface area contributed by atoms with Crippen molar-refractivity contribution in [2.24, 2.45) is 0 Å². The minimum atomic E-state index is 0.370. The summed E-state index contributed by atoms with van der Waals surface area (Å²) < 4.78 is 4.98. The van der Waals surface area contributed by atoms with Crippen LogP contribution in [-0.2, 0) is 11.3 Å². The second kappa shape index (κ2) is 7.03. The molecule has 96 valence electrons. The molecule has 0 bridgehead atoms. The van der Waals surface area contributed by atoms with Gasteiger partial charge in [0.25, 0.3) is 0 Å². The van der Waals surface area contributed by atoms with Crippen molar-refractivity contribution in [3.8, 4) is 0 Å². The van der Waals surface area contributed by atoms with Gasteiger partial charge >= 0.3 is 0 Å². The third kappa shape index (κ3) is 4.97. The van der Waals surface area contributed by atoms with Gasteiger partial charge in [0.2, 0.25) is 0 Å². The van der Waals surface area contributed by atoms with Crippen LogP contribution in [0.2, 0.25) is 0 Å². The van der Waals surface area contributed by atoms with Gasteiger partial charge in [0.15, 0.2) is 5.82 Å². The summed E-state index contributed by atoms with van der Waals surface area (Å²) in [5, 5.41) is 3.22. The quantitative estimate of drug-likeness (QED) is 0.724. The summed E-state index contributed by atoms with van der Waals surface area (Å²) in [5.74, 6) is 1.80. The van der Waals surface area contributed by atoms with E-state index >= 15 is 0 Å². The fraction of sp³-hybridized carbons (Fsp3) is 0.636. The summed E-state index contributed by atoms with van der Waals surface area (Å²) in [7, 11) is 3.68. The Morgan fingerprint density at radius 2 is 2.24 bits per heavy atom. The molecule has 0 amide bonds. The number of nitrogens with one attached hydrogen (secondary N) is 1. The lowest BCUT2D eigenvalue weighted by Crippen LogP contribution is -2.25. The van der Waals surface area contributed by atoms with E-state index in [9.17, 15) is 0 Å². The average Bonchev–Trinajstić information content (AvgIpc) is 2.28. The first kappa shape index (κ1) is 13.7. The summed E-state index contributed by atoms with van der Waals surface area (Å²) in [6, 6.07) is 1.73. The second-order valence-electron chi connectivity index (χ2n) is 3.85. The molecular weight excluding hydrogens is 218 g/mol. The van der Waals surface area contributed by atoms with Crippen molar-refractivity contribution >= 4 is 11.6 Å². The number of nitrogens with zero attached hydrogens (tertiary/aromatic N) is 3. The summed E-state index contributed by atoms with van der Waals surface area (Å²) >= 11 is 0. The summed E-state index contributed by atoms with van der Waals surface area (Å²) in [5.41, 5.74) is 5.69. The van der Waals surface area contributed by atoms with Gasteiger partial charge in [-0.15, -0.1) is 0 Å². The Bertz CT molecular complexity index is 345. The molecule has 0 spiro atoms. The van der Waals surface area contributed by atoms with E-state index in [1.807, 2.05) is 0 Å². The van der Waals surface area contributed by atoms with Crippen LogP contribution in [0.5, 0.6) is 0 Å². The third-order valence-electron chi connectivity index (χ3n) is 2.41. The van der Waals surface area contributed by atoms with Crippen molar-refractivity contribution in [1.82, 2.24) is 14.9 Å². The van der Waals surface area contributed by atoms with Crippen molar-refractivity contribution in [2.45, 2.75) is 13.5 Å². The number of nitrogens with two attached hydrogens (primary N) is 1. The third-order valence-corrected chi connectivity index (χ3v) is 2.41. The van der Waals surface area contributed by atoms with E-state index in [0.717, 1.165) is 25.5 Å². The highest BCUT2D eigenvalue weighted by Crippen LogP contribution is 2.08. The first-order chi connectivity index (χ1) is 8.15. The molecule has 0 radical (unpaired) electrons. The van der Waals surface area contributed by atoms with E-state index in [2.05, 4.69) is 34.2 Å². The average molecular weight is 239 g/mol. The van der Waals surface area contributed by atoms with Gasteiger partial charge in [-0.2, -0.15) is 0 Å². The molecule has 1 aromatic rings. The maximum Gasteiger partial charge on any atom is 0.158 e. The van der Waals surface area contributed by atoms with Crippen LogP contribution < -0.4 is 11.1 Å². The van der Waals surface area contributed by atoms with Crippen molar-refractivity contribution in [3.63, 3.8) is 0 Å². The molecule has 1 rings (SSSR count). The molecule has 0 saturated carbocycles. The number of rotatable bonds is 7. The van der Waals surface area contributed by atoms with Crippen LogP contribution in [-0.4, -0.2) is 48.7 Å². The number of likely N-dealkylation sites (N-methyl/N-ethyl adjacent to an activating group) is 1. The standard InChI is InChI=1S/C11H21N5O/c1-4-16(2)6-5-13-10-7-9(12)14-11(15-10)8-17-3/h7H,4-6,8H2,1-3H3,(H3,12,13,14,15). The number of aromatic nitrogens is 2. The predicted octanol–water partition coefficient (Wildman–Crippen LogP) is 0.569. The minimum absolute atomic E-state index is 0.370. The zero-order valence-corrected chi connectivity index (χ0v) is 10.7. The molecule has 0 aliphatic rings. The zero-order chi connectivity index (χ0) is 12.7. The number of nitrogen functional groups attached to an aromatic ring is 1. The summed E-state index contributed by atoms with van der Waals surface area (Å²) in [6.07, 6.45) is 0. The molecule has 1 aromatic heterocycles. The first-order valence-electron chi connectivity index (χ1n) is 5.70. The maximum absolute atomic E-state index is 5.69. The highest BCUT2D eigenvalue weighted by molar-refractivity contribution is 5.44. The molecule has 0 unspecified atom stereocenters. The second-order valence-corrected chi connectivity index (χ2v) is 3.85. The fourth-order valence-corrected chi connectivity index (χ4v) is 1.33. The Morgan fingerprint density at radius 1 is 1.47 bits per heavy atom. The molecule has 3 N–H and O–H groups in total. The number of hydrogen-bond donors (Lipinski definition) is 2. The van der Waals surface area contributed by atoms with Crippen LogP contribution in [0.1, 0.15) is 12.7 Å². The summed E-state index contributed by atoms with van der Waals surface area (Å²) in [6.45, 7) is 5.31. The van der Waals surface area contributed by atoms with E-state index in [1.165, 1.54) is 0 Å². The van der Waals surface area contributed by atoms with Crippen LogP contribution in [0, 0.1) is 0 Å². The van der Waals surface area contributed by atoms with Crippen LogP contribution in [0.4, 0.5) is 11.6 Å².